The molecule has 1 N–H and O–H groups in total. The first-order chi connectivity index (χ1) is 7.93. The molecule has 1 unspecified atom stereocenters. The molecule has 0 radical (unpaired) electrons. The van der Waals surface area contributed by atoms with Crippen LogP contribution in [0.25, 0.3) is 10.8 Å². The molecule has 2 heterocycles. The molecule has 2 nitrogen and oxygen atoms in total. The SMILES string of the molecule is c1cc(NC2CCSC2)c2cnccc2c1. The Morgan fingerprint density at radius 2 is 2.31 bits per heavy atom. The number of fused-ring (bicyclic) bond motifs is 1. The summed E-state index contributed by atoms with van der Waals surface area (Å²) in [6.07, 6.45) is 5.05. The topological polar surface area (TPSA) is 24.9 Å². The van der Waals surface area contributed by atoms with Crippen LogP contribution in [0.1, 0.15) is 6.42 Å². The molecule has 1 atom stereocenters. The predicted octanol–water partition coefficient (Wildman–Crippen LogP) is 3.15. The second kappa shape index (κ2) is 4.34. The van der Waals surface area contributed by atoms with Crippen LogP contribution in [0, 0.1) is 0 Å². The number of benzene rings is 1. The number of aromatic nitrogens is 1. The smallest absolute Gasteiger partial charge is 0.0437 e. The maximum absolute atomic E-state index is 4.20. The number of nitrogens with zero attached hydrogens (tertiary/aromatic N) is 1. The van der Waals surface area contributed by atoms with Gasteiger partial charge in [-0.2, -0.15) is 11.8 Å². The van der Waals surface area contributed by atoms with Gasteiger partial charge in [0.1, 0.15) is 0 Å². The van der Waals surface area contributed by atoms with Gasteiger partial charge < -0.3 is 5.32 Å². The van der Waals surface area contributed by atoms with Gasteiger partial charge in [0.25, 0.3) is 0 Å². The molecule has 1 aliphatic rings. The summed E-state index contributed by atoms with van der Waals surface area (Å²) in [5, 5.41) is 6.10. The lowest BCUT2D eigenvalue weighted by Crippen LogP contribution is -2.18. The van der Waals surface area contributed by atoms with Crippen LogP contribution < -0.4 is 5.32 Å². The lowest BCUT2D eigenvalue weighted by atomic mass is 10.1. The quantitative estimate of drug-likeness (QED) is 0.858. The summed E-state index contributed by atoms with van der Waals surface area (Å²) in [7, 11) is 0. The average Bonchev–Trinajstić information content (AvgIpc) is 2.82. The van der Waals surface area contributed by atoms with E-state index in [1.165, 1.54) is 34.4 Å². The van der Waals surface area contributed by atoms with Gasteiger partial charge in [-0.1, -0.05) is 12.1 Å². The molecule has 1 aliphatic heterocycles. The molecule has 1 aromatic heterocycles. The zero-order chi connectivity index (χ0) is 10.8. The van der Waals surface area contributed by atoms with E-state index in [-0.39, 0.29) is 0 Å². The molecule has 3 heteroatoms. The Morgan fingerprint density at radius 3 is 3.19 bits per heavy atom. The second-order valence-electron chi connectivity index (χ2n) is 4.11. The Morgan fingerprint density at radius 1 is 1.31 bits per heavy atom. The molecule has 0 bridgehead atoms. The predicted molar refractivity (Wildman–Crippen MR) is 71.1 cm³/mol. The molecule has 0 saturated carbocycles. The van der Waals surface area contributed by atoms with Gasteiger partial charge in [0.2, 0.25) is 0 Å². The van der Waals surface area contributed by atoms with Crippen LogP contribution >= 0.6 is 11.8 Å². The standard InChI is InChI=1S/C13H14N2S/c1-2-10-4-6-14-8-12(10)13(3-1)15-11-5-7-16-9-11/h1-4,6,8,11,15H,5,7,9H2. The monoisotopic (exact) mass is 230 g/mol. The molecule has 16 heavy (non-hydrogen) atoms. The fraction of sp³-hybridized carbons (Fsp3) is 0.308. The van der Waals surface area contributed by atoms with E-state index in [2.05, 4.69) is 34.6 Å². The summed E-state index contributed by atoms with van der Waals surface area (Å²) in [5.41, 5.74) is 1.22. The Hall–Kier alpha value is -1.22. The zero-order valence-electron chi connectivity index (χ0n) is 9.02. The van der Waals surface area contributed by atoms with Gasteiger partial charge in [-0.25, -0.2) is 0 Å². The first-order valence-electron chi connectivity index (χ1n) is 5.60. The molecule has 1 saturated heterocycles. The number of rotatable bonds is 2. The van der Waals surface area contributed by atoms with Crippen LogP contribution in [-0.4, -0.2) is 22.5 Å². The molecule has 0 amide bonds. The molecule has 3 rings (SSSR count). The van der Waals surface area contributed by atoms with Crippen LogP contribution in [0.3, 0.4) is 0 Å². The number of hydrogen-bond donors (Lipinski definition) is 1. The molecule has 1 aromatic carbocycles. The number of thioether (sulfide) groups is 1. The van der Waals surface area contributed by atoms with Crippen molar-refractivity contribution in [3.05, 3.63) is 36.7 Å². The minimum absolute atomic E-state index is 0.621. The summed E-state index contributed by atoms with van der Waals surface area (Å²) >= 11 is 2.03. The van der Waals surface area contributed by atoms with Crippen LogP contribution in [0.4, 0.5) is 5.69 Å². The highest BCUT2D eigenvalue weighted by Crippen LogP contribution is 2.26. The van der Waals surface area contributed by atoms with Crippen molar-refractivity contribution in [1.82, 2.24) is 4.98 Å². The van der Waals surface area contributed by atoms with Gasteiger partial charge >= 0.3 is 0 Å². The lowest BCUT2D eigenvalue weighted by molar-refractivity contribution is 0.814. The lowest BCUT2D eigenvalue weighted by Gasteiger charge is -2.14. The molecule has 82 valence electrons. The zero-order valence-corrected chi connectivity index (χ0v) is 9.83. The van der Waals surface area contributed by atoms with Crippen molar-refractivity contribution in [3.8, 4) is 0 Å². The van der Waals surface area contributed by atoms with E-state index in [0.29, 0.717) is 6.04 Å². The number of anilines is 1. The number of nitrogens with one attached hydrogen (secondary N) is 1. The van der Waals surface area contributed by atoms with Crippen molar-refractivity contribution in [1.29, 1.82) is 0 Å². The number of pyridine rings is 1. The summed E-state index contributed by atoms with van der Waals surface area (Å²) in [5.74, 6) is 2.50. The molecular weight excluding hydrogens is 216 g/mol. The van der Waals surface area contributed by atoms with E-state index in [1.54, 1.807) is 0 Å². The fourth-order valence-electron chi connectivity index (χ4n) is 2.11. The van der Waals surface area contributed by atoms with Crippen molar-refractivity contribution in [3.63, 3.8) is 0 Å². The second-order valence-corrected chi connectivity index (χ2v) is 5.26. The third-order valence-electron chi connectivity index (χ3n) is 2.97. The molecule has 1 fully saturated rings. The van der Waals surface area contributed by atoms with Gasteiger partial charge in [0, 0.05) is 35.3 Å². The minimum atomic E-state index is 0.621. The Kier molecular flexibility index (Phi) is 2.70. The highest BCUT2D eigenvalue weighted by Gasteiger charge is 2.15. The van der Waals surface area contributed by atoms with Gasteiger partial charge in [-0.3, -0.25) is 4.98 Å². The number of hydrogen-bond acceptors (Lipinski definition) is 3. The van der Waals surface area contributed by atoms with Crippen molar-refractivity contribution in [2.45, 2.75) is 12.5 Å². The molecule has 0 aliphatic carbocycles. The summed E-state index contributed by atoms with van der Waals surface area (Å²) in [6.45, 7) is 0. The Labute approximate surface area is 99.5 Å². The Bertz CT molecular complexity index is 487. The van der Waals surface area contributed by atoms with Gasteiger partial charge in [-0.05, 0) is 29.7 Å². The summed E-state index contributed by atoms with van der Waals surface area (Å²) < 4.78 is 0. The molecular formula is C13H14N2S. The first-order valence-corrected chi connectivity index (χ1v) is 6.76. The van der Waals surface area contributed by atoms with Gasteiger partial charge in [-0.15, -0.1) is 0 Å². The van der Waals surface area contributed by atoms with E-state index in [0.717, 1.165) is 0 Å². The van der Waals surface area contributed by atoms with E-state index < -0.39 is 0 Å². The third-order valence-corrected chi connectivity index (χ3v) is 4.14. The maximum Gasteiger partial charge on any atom is 0.0437 e. The maximum atomic E-state index is 4.20. The summed E-state index contributed by atoms with van der Waals surface area (Å²) in [4.78, 5) is 4.20. The Balaban J connectivity index is 1.96. The fourth-order valence-corrected chi connectivity index (χ4v) is 3.26. The van der Waals surface area contributed by atoms with E-state index >= 15 is 0 Å². The van der Waals surface area contributed by atoms with E-state index in [4.69, 9.17) is 0 Å². The van der Waals surface area contributed by atoms with E-state index in [9.17, 15) is 0 Å². The van der Waals surface area contributed by atoms with Crippen molar-refractivity contribution in [2.75, 3.05) is 16.8 Å². The molecule has 2 aromatic rings. The third kappa shape index (κ3) is 1.87. The van der Waals surface area contributed by atoms with Crippen LogP contribution in [0.5, 0.6) is 0 Å². The van der Waals surface area contributed by atoms with Crippen molar-refractivity contribution in [2.24, 2.45) is 0 Å². The highest BCUT2D eigenvalue weighted by molar-refractivity contribution is 7.99. The normalized spacial score (nSPS) is 20.1. The van der Waals surface area contributed by atoms with Crippen molar-refractivity contribution >= 4 is 28.2 Å². The largest absolute Gasteiger partial charge is 0.381 e. The summed E-state index contributed by atoms with van der Waals surface area (Å²) in [6, 6.07) is 9.06. The first kappa shape index (κ1) is 9.97. The van der Waals surface area contributed by atoms with Crippen LogP contribution in [-0.2, 0) is 0 Å². The molecule has 0 spiro atoms. The highest BCUT2D eigenvalue weighted by atomic mass is 32.2. The average molecular weight is 230 g/mol. The van der Waals surface area contributed by atoms with Crippen LogP contribution in [0.15, 0.2) is 36.7 Å². The van der Waals surface area contributed by atoms with Gasteiger partial charge in [0.15, 0.2) is 0 Å². The van der Waals surface area contributed by atoms with E-state index in [1.807, 2.05) is 24.2 Å². The van der Waals surface area contributed by atoms with Crippen LogP contribution in [0.2, 0.25) is 0 Å². The van der Waals surface area contributed by atoms with Gasteiger partial charge in [0.05, 0.1) is 0 Å². The minimum Gasteiger partial charge on any atom is -0.381 e. The van der Waals surface area contributed by atoms with Crippen molar-refractivity contribution < 1.29 is 0 Å².